The van der Waals surface area contributed by atoms with Crippen molar-refractivity contribution < 1.29 is 13.2 Å². The molecule has 0 atom stereocenters. The summed E-state index contributed by atoms with van der Waals surface area (Å²) in [4.78, 5) is 15.9. The third-order valence-electron chi connectivity index (χ3n) is 2.86. The summed E-state index contributed by atoms with van der Waals surface area (Å²) in [5, 5.41) is 2.29. The zero-order valence-electron chi connectivity index (χ0n) is 10.4. The van der Waals surface area contributed by atoms with Gasteiger partial charge >= 0.3 is 0 Å². The van der Waals surface area contributed by atoms with Gasteiger partial charge in [0.15, 0.2) is 9.84 Å². The van der Waals surface area contributed by atoms with Gasteiger partial charge in [0.05, 0.1) is 16.6 Å². The first-order chi connectivity index (χ1) is 8.38. The Bertz CT molecular complexity index is 577. The maximum Gasteiger partial charge on any atom is 0.239 e. The van der Waals surface area contributed by atoms with Crippen LogP contribution in [0.5, 0.6) is 0 Å². The lowest BCUT2D eigenvalue weighted by atomic mass is 10.3. The molecule has 0 bridgehead atoms. The Balaban J connectivity index is 2.03. The first-order valence-electron chi connectivity index (χ1n) is 5.84. The van der Waals surface area contributed by atoms with E-state index >= 15 is 0 Å². The van der Waals surface area contributed by atoms with E-state index < -0.39 is 21.5 Å². The fraction of sp³-hybridized carbons (Fsp3) is 0.500. The van der Waals surface area contributed by atoms with E-state index in [1.54, 1.807) is 19.1 Å². The van der Waals surface area contributed by atoms with Crippen molar-refractivity contribution in [2.75, 3.05) is 11.1 Å². The van der Waals surface area contributed by atoms with Crippen LogP contribution in [0.15, 0.2) is 12.1 Å². The van der Waals surface area contributed by atoms with Gasteiger partial charge in [0.2, 0.25) is 5.91 Å². The van der Waals surface area contributed by atoms with Crippen LogP contribution in [0.1, 0.15) is 24.2 Å². The maximum atomic E-state index is 11.7. The van der Waals surface area contributed by atoms with E-state index in [0.29, 0.717) is 24.2 Å². The molecule has 1 N–H and O–H groups in total. The summed E-state index contributed by atoms with van der Waals surface area (Å²) >= 11 is 0. The number of sulfone groups is 1. The van der Waals surface area contributed by atoms with Gasteiger partial charge in [-0.05, 0) is 38.8 Å². The predicted octanol–water partition coefficient (Wildman–Crippen LogP) is 1.21. The molecule has 5 nitrogen and oxygen atoms in total. The summed E-state index contributed by atoms with van der Waals surface area (Å²) in [5.41, 5.74) is 2.11. The van der Waals surface area contributed by atoms with E-state index in [0.717, 1.165) is 5.69 Å². The number of aromatic nitrogens is 1. The number of anilines is 1. The second kappa shape index (κ2) is 4.68. The highest BCUT2D eigenvalue weighted by Gasteiger charge is 2.36. The van der Waals surface area contributed by atoms with Crippen LogP contribution in [-0.4, -0.2) is 30.3 Å². The Morgan fingerprint density at radius 2 is 2.06 bits per heavy atom. The Morgan fingerprint density at radius 3 is 2.61 bits per heavy atom. The first-order valence-corrected chi connectivity index (χ1v) is 7.56. The molecule has 0 aromatic carbocycles. The number of hydrogen-bond donors (Lipinski definition) is 1. The van der Waals surface area contributed by atoms with E-state index in [2.05, 4.69) is 10.3 Å². The number of hydrogen-bond acceptors (Lipinski definition) is 4. The normalized spacial score (nSPS) is 15.4. The summed E-state index contributed by atoms with van der Waals surface area (Å²) in [5.74, 6) is -0.930. The van der Waals surface area contributed by atoms with Crippen molar-refractivity contribution in [3.05, 3.63) is 23.5 Å². The molecular weight excluding hydrogens is 252 g/mol. The van der Waals surface area contributed by atoms with Crippen LogP contribution < -0.4 is 5.32 Å². The molecule has 6 heteroatoms. The average molecular weight is 268 g/mol. The molecule has 0 aliphatic heterocycles. The lowest BCUT2D eigenvalue weighted by Gasteiger charge is -2.08. The number of carbonyl (C=O) groups is 1. The van der Waals surface area contributed by atoms with E-state index in [9.17, 15) is 13.2 Å². The highest BCUT2D eigenvalue weighted by molar-refractivity contribution is 7.93. The van der Waals surface area contributed by atoms with Crippen LogP contribution in [-0.2, 0) is 14.6 Å². The van der Waals surface area contributed by atoms with Crippen LogP contribution in [0.3, 0.4) is 0 Å². The molecule has 0 unspecified atom stereocenters. The van der Waals surface area contributed by atoms with Gasteiger partial charge in [0, 0.05) is 5.69 Å². The molecule has 0 radical (unpaired) electrons. The fourth-order valence-corrected chi connectivity index (χ4v) is 3.26. The smallest absolute Gasteiger partial charge is 0.239 e. The van der Waals surface area contributed by atoms with E-state index in [-0.39, 0.29) is 5.25 Å². The zero-order chi connectivity index (χ0) is 13.3. The lowest BCUT2D eigenvalue weighted by Crippen LogP contribution is -2.25. The minimum atomic E-state index is -3.26. The lowest BCUT2D eigenvalue weighted by molar-refractivity contribution is -0.113. The number of rotatable bonds is 4. The van der Waals surface area contributed by atoms with E-state index in [4.69, 9.17) is 0 Å². The molecule has 2 rings (SSSR count). The number of pyridine rings is 1. The van der Waals surface area contributed by atoms with Crippen molar-refractivity contribution in [2.24, 2.45) is 0 Å². The summed E-state index contributed by atoms with van der Waals surface area (Å²) in [6, 6.07) is 3.51. The highest BCUT2D eigenvalue weighted by Crippen LogP contribution is 2.29. The number of amides is 1. The summed E-state index contributed by atoms with van der Waals surface area (Å²) in [7, 11) is -3.26. The molecule has 98 valence electrons. The van der Waals surface area contributed by atoms with Gasteiger partial charge in [-0.1, -0.05) is 0 Å². The molecule has 0 spiro atoms. The number of aryl methyl sites for hydroxylation is 2. The summed E-state index contributed by atoms with van der Waals surface area (Å²) < 4.78 is 23.3. The van der Waals surface area contributed by atoms with Gasteiger partial charge in [-0.3, -0.25) is 9.78 Å². The molecule has 1 aromatic heterocycles. The molecule has 1 amide bonds. The van der Waals surface area contributed by atoms with Crippen LogP contribution in [0.25, 0.3) is 0 Å². The Kier molecular flexibility index (Phi) is 3.38. The molecule has 18 heavy (non-hydrogen) atoms. The highest BCUT2D eigenvalue weighted by atomic mass is 32.2. The molecule has 1 heterocycles. The maximum absolute atomic E-state index is 11.7. The van der Waals surface area contributed by atoms with E-state index in [1.807, 2.05) is 6.92 Å². The fourth-order valence-electron chi connectivity index (χ4n) is 1.73. The van der Waals surface area contributed by atoms with Crippen molar-refractivity contribution in [1.29, 1.82) is 0 Å². The van der Waals surface area contributed by atoms with Crippen LogP contribution >= 0.6 is 0 Å². The standard InChI is InChI=1S/C12H16N2O3S/c1-8-3-6-11(9(2)13-8)14-12(15)7-18(16,17)10-4-5-10/h3,6,10H,4-5,7H2,1-2H3,(H,14,15). The van der Waals surface area contributed by atoms with Crippen LogP contribution in [0.2, 0.25) is 0 Å². The molecule has 1 aliphatic rings. The molecule has 0 saturated heterocycles. The molecular formula is C12H16N2O3S. The average Bonchev–Trinajstić information content (AvgIpc) is 3.05. The van der Waals surface area contributed by atoms with Crippen molar-refractivity contribution in [2.45, 2.75) is 31.9 Å². The molecule has 1 aromatic rings. The van der Waals surface area contributed by atoms with Gasteiger partial charge < -0.3 is 5.32 Å². The third kappa shape index (κ3) is 3.07. The van der Waals surface area contributed by atoms with Gasteiger partial charge in [-0.2, -0.15) is 0 Å². The third-order valence-corrected chi connectivity index (χ3v) is 5.02. The van der Waals surface area contributed by atoms with Crippen LogP contribution in [0.4, 0.5) is 5.69 Å². The monoisotopic (exact) mass is 268 g/mol. The van der Waals surface area contributed by atoms with Gasteiger partial charge in [0.25, 0.3) is 0 Å². The summed E-state index contributed by atoms with van der Waals surface area (Å²) in [6.07, 6.45) is 1.36. The quantitative estimate of drug-likeness (QED) is 0.890. The molecule has 1 fully saturated rings. The topological polar surface area (TPSA) is 76.1 Å². The Morgan fingerprint density at radius 1 is 1.39 bits per heavy atom. The largest absolute Gasteiger partial charge is 0.324 e. The van der Waals surface area contributed by atoms with Crippen molar-refractivity contribution in [1.82, 2.24) is 4.98 Å². The number of carbonyl (C=O) groups excluding carboxylic acids is 1. The summed E-state index contributed by atoms with van der Waals surface area (Å²) in [6.45, 7) is 3.63. The second-order valence-electron chi connectivity index (χ2n) is 4.64. The first kappa shape index (κ1) is 13.0. The van der Waals surface area contributed by atoms with Crippen molar-refractivity contribution in [3.8, 4) is 0 Å². The number of nitrogens with zero attached hydrogens (tertiary/aromatic N) is 1. The number of nitrogens with one attached hydrogen (secondary N) is 1. The Labute approximate surface area is 107 Å². The van der Waals surface area contributed by atoms with Gasteiger partial charge in [-0.15, -0.1) is 0 Å². The Hall–Kier alpha value is -1.43. The van der Waals surface area contributed by atoms with E-state index in [1.165, 1.54) is 0 Å². The second-order valence-corrected chi connectivity index (χ2v) is 6.92. The zero-order valence-corrected chi connectivity index (χ0v) is 11.3. The predicted molar refractivity (Wildman–Crippen MR) is 69.1 cm³/mol. The van der Waals surface area contributed by atoms with Gasteiger partial charge in [-0.25, -0.2) is 8.42 Å². The SMILES string of the molecule is Cc1ccc(NC(=O)CS(=O)(=O)C2CC2)c(C)n1. The minimum absolute atomic E-state index is 0.305. The van der Waals surface area contributed by atoms with Crippen LogP contribution in [0, 0.1) is 13.8 Å². The van der Waals surface area contributed by atoms with Crippen molar-refractivity contribution >= 4 is 21.4 Å². The van der Waals surface area contributed by atoms with Crippen molar-refractivity contribution in [3.63, 3.8) is 0 Å². The molecule has 1 aliphatic carbocycles. The van der Waals surface area contributed by atoms with Gasteiger partial charge in [0.1, 0.15) is 5.75 Å². The minimum Gasteiger partial charge on any atom is -0.324 e. The molecule has 1 saturated carbocycles.